The zero-order valence-corrected chi connectivity index (χ0v) is 32.1. The Balaban J connectivity index is 1.50. The highest BCUT2D eigenvalue weighted by atomic mass is 31.1. The molecule has 4 rings (SSSR count). The maximum absolute atomic E-state index is 2.66. The summed E-state index contributed by atoms with van der Waals surface area (Å²) in [4.78, 5) is 0. The predicted octanol–water partition coefficient (Wildman–Crippen LogP) is 10.0. The van der Waals surface area contributed by atoms with E-state index < -0.39 is 0 Å². The van der Waals surface area contributed by atoms with Crippen LogP contribution >= 0.6 is 39.6 Å². The van der Waals surface area contributed by atoms with Crippen LogP contribution in [-0.2, 0) is 0 Å². The van der Waals surface area contributed by atoms with Crippen molar-refractivity contribution in [3.63, 3.8) is 0 Å². The summed E-state index contributed by atoms with van der Waals surface area (Å²) in [6, 6.07) is 45.4. The van der Waals surface area contributed by atoms with Gasteiger partial charge in [-0.2, -0.15) is 0 Å². The molecular weight excluding hydrogens is 623 g/mol. The minimum Gasteiger partial charge on any atom is -0.113 e. The van der Waals surface area contributed by atoms with Gasteiger partial charge in [-0.05, 0) is 125 Å². The van der Waals surface area contributed by atoms with Crippen molar-refractivity contribution in [1.29, 1.82) is 0 Å². The normalized spacial score (nSPS) is 12.2. The van der Waals surface area contributed by atoms with Crippen LogP contribution < -0.4 is 21.2 Å². The molecule has 4 aromatic carbocycles. The number of hydrogen-bond donors (Lipinski definition) is 0. The van der Waals surface area contributed by atoms with Crippen LogP contribution in [0.25, 0.3) is 0 Å². The zero-order chi connectivity index (χ0) is 31.2. The molecule has 0 aromatic heterocycles. The molecule has 0 saturated heterocycles. The van der Waals surface area contributed by atoms with Gasteiger partial charge in [0.2, 0.25) is 0 Å². The first-order valence-corrected chi connectivity index (χ1v) is 25.9. The van der Waals surface area contributed by atoms with Crippen LogP contribution in [-0.4, -0.2) is 69.8 Å². The molecule has 4 aromatic rings. The Labute approximate surface area is 276 Å². The van der Waals surface area contributed by atoms with E-state index in [-0.39, 0.29) is 39.6 Å². The molecule has 0 amide bonds. The lowest BCUT2D eigenvalue weighted by Crippen LogP contribution is -2.29. The van der Waals surface area contributed by atoms with Crippen LogP contribution in [0.3, 0.4) is 0 Å². The van der Waals surface area contributed by atoms with Crippen LogP contribution in [0, 0.1) is 5.41 Å². The van der Waals surface area contributed by atoms with Gasteiger partial charge in [0, 0.05) is 0 Å². The lowest BCUT2D eigenvalue weighted by Gasteiger charge is -2.37. The molecule has 0 bridgehead atoms. The Kier molecular flexibility index (Phi) is 15.5. The molecule has 5 heteroatoms. The van der Waals surface area contributed by atoms with E-state index in [9.17, 15) is 0 Å². The number of rotatable bonds is 18. The SMILES string of the molecule is CP(C)CC(C)(CP(C)C)CP(CCCP(c1ccccc1)c1ccccc1)CCCP(c1ccccc1)c1ccccc1. The first kappa shape index (κ1) is 35.9. The van der Waals surface area contributed by atoms with Crippen LogP contribution in [0.2, 0.25) is 0 Å². The summed E-state index contributed by atoms with van der Waals surface area (Å²) in [6.07, 6.45) is 12.5. The Morgan fingerprint density at radius 3 is 0.977 bits per heavy atom. The molecule has 44 heavy (non-hydrogen) atoms. The molecule has 0 aliphatic carbocycles. The molecule has 0 fully saturated rings. The summed E-state index contributed by atoms with van der Waals surface area (Å²) in [5.41, 5.74) is 0.503. The highest BCUT2D eigenvalue weighted by molar-refractivity contribution is 7.73. The van der Waals surface area contributed by atoms with Crippen molar-refractivity contribution in [1.82, 2.24) is 0 Å². The van der Waals surface area contributed by atoms with Gasteiger partial charge in [-0.15, -0.1) is 23.8 Å². The third kappa shape index (κ3) is 12.0. The van der Waals surface area contributed by atoms with Crippen molar-refractivity contribution < 1.29 is 0 Å². The smallest absolute Gasteiger partial charge is 0.0195 e. The van der Waals surface area contributed by atoms with Crippen molar-refractivity contribution >= 4 is 60.8 Å². The molecule has 0 aliphatic heterocycles. The first-order valence-electron chi connectivity index (χ1n) is 16.1. The second-order valence-corrected chi connectivity index (χ2v) is 25.1. The summed E-state index contributed by atoms with van der Waals surface area (Å²) in [6.45, 7) is 12.7. The topological polar surface area (TPSA) is 0 Å². The summed E-state index contributed by atoms with van der Waals surface area (Å²) in [5, 5.41) is 6.13. The van der Waals surface area contributed by atoms with Crippen molar-refractivity contribution in [2.45, 2.75) is 19.8 Å². The van der Waals surface area contributed by atoms with Gasteiger partial charge >= 0.3 is 0 Å². The quantitative estimate of drug-likeness (QED) is 0.0921. The third-order valence-corrected chi connectivity index (χ3v) is 19.1. The van der Waals surface area contributed by atoms with Gasteiger partial charge < -0.3 is 0 Å². The van der Waals surface area contributed by atoms with Gasteiger partial charge in [0.05, 0.1) is 0 Å². The predicted molar refractivity (Wildman–Crippen MR) is 214 cm³/mol. The second-order valence-electron chi connectivity index (χ2n) is 12.9. The average molecular weight is 677 g/mol. The Morgan fingerprint density at radius 2 is 0.705 bits per heavy atom. The summed E-state index contributed by atoms with van der Waals surface area (Å²) in [7, 11) is -0.398. The second kappa shape index (κ2) is 19.0. The lowest BCUT2D eigenvalue weighted by molar-refractivity contribution is 0.493. The molecule has 0 saturated carbocycles. The van der Waals surface area contributed by atoms with Crippen LogP contribution in [0.15, 0.2) is 121 Å². The summed E-state index contributed by atoms with van der Waals surface area (Å²) in [5.74, 6) is 0. The van der Waals surface area contributed by atoms with Gasteiger partial charge in [0.25, 0.3) is 0 Å². The van der Waals surface area contributed by atoms with Crippen LogP contribution in [0.1, 0.15) is 19.8 Å². The number of hydrogen-bond acceptors (Lipinski definition) is 0. The molecule has 0 radical (unpaired) electrons. The minimum atomic E-state index is -0.306. The summed E-state index contributed by atoms with van der Waals surface area (Å²) >= 11 is 0. The van der Waals surface area contributed by atoms with Crippen molar-refractivity contribution in [3.05, 3.63) is 121 Å². The average Bonchev–Trinajstić information content (AvgIpc) is 3.02. The fourth-order valence-electron chi connectivity index (χ4n) is 6.64. The van der Waals surface area contributed by atoms with Crippen LogP contribution in [0.4, 0.5) is 0 Å². The maximum atomic E-state index is 2.66. The Morgan fingerprint density at radius 1 is 0.409 bits per heavy atom. The van der Waals surface area contributed by atoms with Crippen LogP contribution in [0.5, 0.6) is 0 Å². The van der Waals surface area contributed by atoms with E-state index in [1.165, 1.54) is 77.2 Å². The molecule has 234 valence electrons. The third-order valence-electron chi connectivity index (χ3n) is 7.98. The van der Waals surface area contributed by atoms with Crippen molar-refractivity contribution in [2.24, 2.45) is 5.41 Å². The molecule has 0 N–H and O–H groups in total. The summed E-state index contributed by atoms with van der Waals surface area (Å²) < 4.78 is 0. The molecule has 0 spiro atoms. The molecular formula is C39H53P5. The van der Waals surface area contributed by atoms with E-state index in [1.54, 1.807) is 0 Å². The molecule has 0 heterocycles. The monoisotopic (exact) mass is 676 g/mol. The standard InChI is InChI=1S/C39H53P5/c1-39(32-40(2)3,33-41(4)5)34-42(28-18-30-43(35-20-10-6-11-21-35)36-22-12-7-13-23-36)29-19-31-44(37-24-14-8-15-25-37)38-26-16-9-17-27-38/h6-17,20-27H,18-19,28-34H2,1-5H3. The highest BCUT2D eigenvalue weighted by Crippen LogP contribution is 2.51. The van der Waals surface area contributed by atoms with Gasteiger partial charge in [-0.3, -0.25) is 0 Å². The zero-order valence-electron chi connectivity index (χ0n) is 27.6. The number of benzene rings is 4. The Bertz CT molecular complexity index is 1130. The van der Waals surface area contributed by atoms with Crippen molar-refractivity contribution in [2.75, 3.05) is 69.8 Å². The fraction of sp³-hybridized carbons (Fsp3) is 0.385. The van der Waals surface area contributed by atoms with E-state index in [1.807, 2.05) is 0 Å². The lowest BCUT2D eigenvalue weighted by atomic mass is 9.99. The van der Waals surface area contributed by atoms with Gasteiger partial charge in [0.1, 0.15) is 0 Å². The first-order chi connectivity index (χ1) is 21.3. The molecule has 0 aliphatic rings. The van der Waals surface area contributed by atoms with Gasteiger partial charge in [-0.25, -0.2) is 0 Å². The van der Waals surface area contributed by atoms with E-state index in [0.29, 0.717) is 5.41 Å². The molecule has 0 nitrogen and oxygen atoms in total. The minimum absolute atomic E-state index is 0.00528. The Hall–Kier alpha value is -0.970. The molecule has 0 unspecified atom stereocenters. The largest absolute Gasteiger partial charge is 0.113 e. The van der Waals surface area contributed by atoms with E-state index in [2.05, 4.69) is 155 Å². The van der Waals surface area contributed by atoms with Gasteiger partial charge in [0.15, 0.2) is 0 Å². The van der Waals surface area contributed by atoms with E-state index in [0.717, 1.165) is 0 Å². The van der Waals surface area contributed by atoms with E-state index in [4.69, 9.17) is 0 Å². The highest BCUT2D eigenvalue weighted by Gasteiger charge is 2.30. The molecule has 0 atom stereocenters. The van der Waals surface area contributed by atoms with Crippen molar-refractivity contribution in [3.8, 4) is 0 Å². The maximum Gasteiger partial charge on any atom is -0.0195 e. The van der Waals surface area contributed by atoms with Gasteiger partial charge in [-0.1, -0.05) is 128 Å². The van der Waals surface area contributed by atoms with E-state index >= 15 is 0 Å². The fourth-order valence-corrected chi connectivity index (χ4v) is 18.9.